The van der Waals surface area contributed by atoms with Crippen molar-refractivity contribution < 1.29 is 0 Å². The van der Waals surface area contributed by atoms with Crippen molar-refractivity contribution in [1.29, 1.82) is 0 Å². The molecule has 2 heteroatoms. The minimum absolute atomic E-state index is 0.551. The lowest BCUT2D eigenvalue weighted by molar-refractivity contribution is 0.442. The molecule has 0 radical (unpaired) electrons. The molecule has 0 spiro atoms. The standard InChI is InChI=1S/C11H19NS/c1-4-9(3)12-10(5-2)11-7-6-8-13-11/h6-10,12H,4-5H2,1-3H3. The van der Waals surface area contributed by atoms with E-state index in [0.29, 0.717) is 12.1 Å². The van der Waals surface area contributed by atoms with Crippen LogP contribution in [0.2, 0.25) is 0 Å². The molecule has 1 nitrogen and oxygen atoms in total. The molecule has 13 heavy (non-hydrogen) atoms. The lowest BCUT2D eigenvalue weighted by atomic mass is 10.1. The molecule has 74 valence electrons. The van der Waals surface area contributed by atoms with Crippen molar-refractivity contribution in [1.82, 2.24) is 5.32 Å². The Kier molecular flexibility index (Phi) is 4.46. The van der Waals surface area contributed by atoms with Gasteiger partial charge in [0.05, 0.1) is 0 Å². The second-order valence-corrected chi connectivity index (χ2v) is 4.43. The summed E-state index contributed by atoms with van der Waals surface area (Å²) in [6, 6.07) is 5.51. The Hall–Kier alpha value is -0.340. The lowest BCUT2D eigenvalue weighted by Crippen LogP contribution is -2.29. The third-order valence-electron chi connectivity index (χ3n) is 2.39. The monoisotopic (exact) mass is 197 g/mol. The highest BCUT2D eigenvalue weighted by atomic mass is 32.1. The van der Waals surface area contributed by atoms with E-state index in [0.717, 1.165) is 0 Å². The molecule has 1 N–H and O–H groups in total. The Morgan fingerprint density at radius 1 is 1.38 bits per heavy atom. The Bertz CT molecular complexity index is 218. The third-order valence-corrected chi connectivity index (χ3v) is 3.38. The van der Waals surface area contributed by atoms with Crippen LogP contribution >= 0.6 is 11.3 Å². The molecule has 2 unspecified atom stereocenters. The summed E-state index contributed by atoms with van der Waals surface area (Å²) in [7, 11) is 0. The lowest BCUT2D eigenvalue weighted by Gasteiger charge is -2.20. The molecule has 0 aliphatic carbocycles. The number of nitrogens with one attached hydrogen (secondary N) is 1. The molecule has 0 aromatic carbocycles. The fourth-order valence-electron chi connectivity index (χ4n) is 1.35. The maximum Gasteiger partial charge on any atom is 0.0414 e. The van der Waals surface area contributed by atoms with E-state index in [-0.39, 0.29) is 0 Å². The average Bonchev–Trinajstić information content (AvgIpc) is 2.66. The topological polar surface area (TPSA) is 12.0 Å². The molecule has 0 fully saturated rings. The summed E-state index contributed by atoms with van der Waals surface area (Å²) in [6.45, 7) is 6.70. The summed E-state index contributed by atoms with van der Waals surface area (Å²) < 4.78 is 0. The minimum atomic E-state index is 0.551. The Morgan fingerprint density at radius 3 is 2.62 bits per heavy atom. The summed E-state index contributed by atoms with van der Waals surface area (Å²) >= 11 is 1.85. The van der Waals surface area contributed by atoms with Crippen molar-refractivity contribution in [3.8, 4) is 0 Å². The summed E-state index contributed by atoms with van der Waals surface area (Å²) in [5, 5.41) is 5.78. The van der Waals surface area contributed by atoms with Crippen molar-refractivity contribution in [2.75, 3.05) is 0 Å². The number of rotatable bonds is 5. The first kappa shape index (κ1) is 10.7. The molecule has 0 amide bonds. The third kappa shape index (κ3) is 3.12. The van der Waals surface area contributed by atoms with Crippen LogP contribution in [-0.4, -0.2) is 6.04 Å². The van der Waals surface area contributed by atoms with E-state index in [4.69, 9.17) is 0 Å². The molecule has 1 rings (SSSR count). The van der Waals surface area contributed by atoms with Crippen LogP contribution in [0.25, 0.3) is 0 Å². The van der Waals surface area contributed by atoms with Gasteiger partial charge in [0.25, 0.3) is 0 Å². The second-order valence-electron chi connectivity index (χ2n) is 3.45. The van der Waals surface area contributed by atoms with E-state index in [1.54, 1.807) is 0 Å². The fourth-order valence-corrected chi connectivity index (χ4v) is 2.22. The minimum Gasteiger partial charge on any atom is -0.307 e. The predicted octanol–water partition coefficient (Wildman–Crippen LogP) is 3.59. The molecular weight excluding hydrogens is 178 g/mol. The maximum atomic E-state index is 3.63. The smallest absolute Gasteiger partial charge is 0.0414 e. The van der Waals surface area contributed by atoms with Gasteiger partial charge in [0.15, 0.2) is 0 Å². The van der Waals surface area contributed by atoms with Gasteiger partial charge >= 0.3 is 0 Å². The summed E-state index contributed by atoms with van der Waals surface area (Å²) in [4.78, 5) is 1.46. The van der Waals surface area contributed by atoms with Crippen LogP contribution in [0, 0.1) is 0 Å². The average molecular weight is 197 g/mol. The van der Waals surface area contributed by atoms with E-state index < -0.39 is 0 Å². The van der Waals surface area contributed by atoms with Gasteiger partial charge in [-0.2, -0.15) is 0 Å². The Morgan fingerprint density at radius 2 is 2.15 bits per heavy atom. The van der Waals surface area contributed by atoms with E-state index in [9.17, 15) is 0 Å². The van der Waals surface area contributed by atoms with Crippen molar-refractivity contribution in [2.45, 2.75) is 45.7 Å². The van der Waals surface area contributed by atoms with E-state index in [2.05, 4.69) is 43.6 Å². The molecule has 1 aromatic heterocycles. The molecule has 0 aliphatic heterocycles. The largest absolute Gasteiger partial charge is 0.307 e. The van der Waals surface area contributed by atoms with E-state index in [1.165, 1.54) is 17.7 Å². The van der Waals surface area contributed by atoms with Gasteiger partial charge in [-0.05, 0) is 31.2 Å². The van der Waals surface area contributed by atoms with Crippen molar-refractivity contribution in [2.24, 2.45) is 0 Å². The Labute approximate surface area is 85.2 Å². The van der Waals surface area contributed by atoms with Gasteiger partial charge < -0.3 is 5.32 Å². The van der Waals surface area contributed by atoms with Gasteiger partial charge in [-0.25, -0.2) is 0 Å². The van der Waals surface area contributed by atoms with Crippen molar-refractivity contribution in [3.05, 3.63) is 22.4 Å². The Balaban J connectivity index is 2.53. The zero-order valence-electron chi connectivity index (χ0n) is 8.71. The van der Waals surface area contributed by atoms with Crippen molar-refractivity contribution >= 4 is 11.3 Å². The van der Waals surface area contributed by atoms with Crippen LogP contribution in [0.15, 0.2) is 17.5 Å². The van der Waals surface area contributed by atoms with Gasteiger partial charge in [-0.1, -0.05) is 19.9 Å². The highest BCUT2D eigenvalue weighted by Gasteiger charge is 2.11. The molecule has 1 aromatic rings. The first-order valence-electron chi connectivity index (χ1n) is 5.07. The maximum absolute atomic E-state index is 3.63. The van der Waals surface area contributed by atoms with Crippen LogP contribution in [0.5, 0.6) is 0 Å². The van der Waals surface area contributed by atoms with Gasteiger partial charge in [0.2, 0.25) is 0 Å². The fraction of sp³-hybridized carbons (Fsp3) is 0.636. The van der Waals surface area contributed by atoms with Crippen LogP contribution in [0.1, 0.15) is 44.5 Å². The molecule has 0 bridgehead atoms. The van der Waals surface area contributed by atoms with Gasteiger partial charge in [-0.3, -0.25) is 0 Å². The van der Waals surface area contributed by atoms with E-state index >= 15 is 0 Å². The van der Waals surface area contributed by atoms with Gasteiger partial charge in [0.1, 0.15) is 0 Å². The molecular formula is C11H19NS. The molecule has 1 heterocycles. The molecule has 0 aliphatic rings. The van der Waals surface area contributed by atoms with Crippen LogP contribution in [0.4, 0.5) is 0 Å². The molecule has 0 saturated heterocycles. The van der Waals surface area contributed by atoms with Crippen LogP contribution < -0.4 is 5.32 Å². The zero-order valence-corrected chi connectivity index (χ0v) is 9.53. The SMILES string of the molecule is CCC(C)NC(CC)c1cccs1. The van der Waals surface area contributed by atoms with Gasteiger partial charge in [0, 0.05) is 17.0 Å². The highest BCUT2D eigenvalue weighted by Crippen LogP contribution is 2.22. The van der Waals surface area contributed by atoms with Crippen LogP contribution in [-0.2, 0) is 0 Å². The number of thiophene rings is 1. The quantitative estimate of drug-likeness (QED) is 0.760. The number of hydrogen-bond acceptors (Lipinski definition) is 2. The van der Waals surface area contributed by atoms with Gasteiger partial charge in [-0.15, -0.1) is 11.3 Å². The van der Waals surface area contributed by atoms with E-state index in [1.807, 2.05) is 11.3 Å². The van der Waals surface area contributed by atoms with Crippen molar-refractivity contribution in [3.63, 3.8) is 0 Å². The predicted molar refractivity (Wildman–Crippen MR) is 60.2 cm³/mol. The highest BCUT2D eigenvalue weighted by molar-refractivity contribution is 7.10. The molecule has 0 saturated carbocycles. The molecule has 2 atom stereocenters. The second kappa shape index (κ2) is 5.40. The summed E-state index contributed by atoms with van der Waals surface area (Å²) in [6.07, 6.45) is 2.37. The number of hydrogen-bond donors (Lipinski definition) is 1. The normalized spacial score (nSPS) is 15.6. The first-order chi connectivity index (χ1) is 6.27. The summed E-state index contributed by atoms with van der Waals surface area (Å²) in [5.74, 6) is 0. The first-order valence-corrected chi connectivity index (χ1v) is 5.95. The summed E-state index contributed by atoms with van der Waals surface area (Å²) in [5.41, 5.74) is 0. The van der Waals surface area contributed by atoms with Crippen LogP contribution in [0.3, 0.4) is 0 Å². The zero-order chi connectivity index (χ0) is 9.68.